The monoisotopic (exact) mass is 272 g/mol. The molecule has 2 heteroatoms. The number of hydrogen-bond donors (Lipinski definition) is 1. The summed E-state index contributed by atoms with van der Waals surface area (Å²) in [6.45, 7) is 5.37. The summed E-state index contributed by atoms with van der Waals surface area (Å²) in [5.41, 5.74) is 8.55. The number of rotatable bonds is 6. The molecule has 2 N–H and O–H groups in total. The highest BCUT2D eigenvalue weighted by Crippen LogP contribution is 2.48. The van der Waals surface area contributed by atoms with Crippen LogP contribution in [0.15, 0.2) is 24.3 Å². The van der Waals surface area contributed by atoms with Gasteiger partial charge in [-0.1, -0.05) is 24.6 Å². The van der Waals surface area contributed by atoms with Crippen LogP contribution in [0, 0.1) is 24.7 Å². The molecule has 2 fully saturated rings. The lowest BCUT2D eigenvalue weighted by atomic mass is 9.88. The fourth-order valence-electron chi connectivity index (χ4n) is 4.39. The Morgan fingerprint density at radius 2 is 2.05 bits per heavy atom. The van der Waals surface area contributed by atoms with Gasteiger partial charge in [-0.15, -0.1) is 0 Å². The van der Waals surface area contributed by atoms with Gasteiger partial charge in [0.1, 0.15) is 0 Å². The first kappa shape index (κ1) is 13.9. The van der Waals surface area contributed by atoms with Gasteiger partial charge in [0.25, 0.3) is 0 Å². The molecule has 110 valence electrons. The largest absolute Gasteiger partial charge is 0.371 e. The Morgan fingerprint density at radius 3 is 2.70 bits per heavy atom. The maximum Gasteiger partial charge on any atom is 0.0396 e. The molecular formula is C18H28N2. The lowest BCUT2D eigenvalue weighted by Crippen LogP contribution is -2.34. The predicted molar refractivity (Wildman–Crippen MR) is 86.0 cm³/mol. The van der Waals surface area contributed by atoms with Crippen LogP contribution in [0.25, 0.3) is 0 Å². The maximum absolute atomic E-state index is 5.73. The summed E-state index contributed by atoms with van der Waals surface area (Å²) in [5, 5.41) is 0. The van der Waals surface area contributed by atoms with Gasteiger partial charge < -0.3 is 10.6 Å². The van der Waals surface area contributed by atoms with E-state index in [1.165, 1.54) is 43.5 Å². The van der Waals surface area contributed by atoms with Crippen molar-refractivity contribution in [2.45, 2.75) is 39.0 Å². The van der Waals surface area contributed by atoms with Crippen LogP contribution in [0.1, 0.15) is 37.7 Å². The van der Waals surface area contributed by atoms with Crippen molar-refractivity contribution in [3.63, 3.8) is 0 Å². The Hall–Kier alpha value is -1.02. The normalized spacial score (nSPS) is 28.0. The van der Waals surface area contributed by atoms with Gasteiger partial charge in [0.05, 0.1) is 0 Å². The minimum atomic E-state index is 0.791. The average Bonchev–Trinajstić information content (AvgIpc) is 3.06. The third-order valence-electron chi connectivity index (χ3n) is 5.43. The zero-order valence-corrected chi connectivity index (χ0v) is 12.7. The van der Waals surface area contributed by atoms with Crippen LogP contribution in [0.4, 0.5) is 5.69 Å². The number of nitrogens with zero attached hydrogens (tertiary/aromatic N) is 1. The molecular weight excluding hydrogens is 244 g/mol. The van der Waals surface area contributed by atoms with Gasteiger partial charge >= 0.3 is 0 Å². The molecule has 2 aliphatic rings. The fourth-order valence-corrected chi connectivity index (χ4v) is 4.39. The van der Waals surface area contributed by atoms with E-state index in [1.807, 2.05) is 0 Å². The number of aryl methyl sites for hydroxylation is 1. The minimum absolute atomic E-state index is 0.791. The van der Waals surface area contributed by atoms with Gasteiger partial charge in [-0.3, -0.25) is 0 Å². The Bertz CT molecular complexity index is 443. The number of para-hydroxylation sites is 1. The van der Waals surface area contributed by atoms with E-state index in [9.17, 15) is 0 Å². The number of nitrogens with two attached hydrogens (primary N) is 1. The molecule has 3 rings (SSSR count). The van der Waals surface area contributed by atoms with Gasteiger partial charge in [-0.2, -0.15) is 0 Å². The van der Waals surface area contributed by atoms with E-state index < -0.39 is 0 Å². The molecule has 0 radical (unpaired) electrons. The Balaban J connectivity index is 1.71. The Labute approximate surface area is 123 Å². The standard InChI is InChI=1S/C18H28N2/c1-14-5-2-3-6-18(14)20(10-4-9-19)13-17-12-15-7-8-16(17)11-15/h2-3,5-6,15-17H,4,7-13,19H2,1H3. The lowest BCUT2D eigenvalue weighted by Gasteiger charge is -2.32. The summed E-state index contributed by atoms with van der Waals surface area (Å²) >= 11 is 0. The highest BCUT2D eigenvalue weighted by molar-refractivity contribution is 5.53. The van der Waals surface area contributed by atoms with Crippen LogP contribution in [-0.2, 0) is 0 Å². The molecule has 2 bridgehead atoms. The summed E-state index contributed by atoms with van der Waals surface area (Å²) in [4.78, 5) is 2.60. The maximum atomic E-state index is 5.73. The molecule has 0 heterocycles. The highest BCUT2D eigenvalue weighted by Gasteiger charge is 2.39. The topological polar surface area (TPSA) is 29.3 Å². The van der Waals surface area contributed by atoms with E-state index in [4.69, 9.17) is 5.73 Å². The number of hydrogen-bond acceptors (Lipinski definition) is 2. The van der Waals surface area contributed by atoms with Crippen LogP contribution in [0.5, 0.6) is 0 Å². The molecule has 1 aromatic rings. The van der Waals surface area contributed by atoms with E-state index in [1.54, 1.807) is 0 Å². The van der Waals surface area contributed by atoms with Crippen molar-refractivity contribution in [1.29, 1.82) is 0 Å². The van der Waals surface area contributed by atoms with Crippen molar-refractivity contribution in [1.82, 2.24) is 0 Å². The van der Waals surface area contributed by atoms with E-state index >= 15 is 0 Å². The lowest BCUT2D eigenvalue weighted by molar-refractivity contribution is 0.333. The van der Waals surface area contributed by atoms with Gasteiger partial charge in [-0.05, 0) is 68.5 Å². The van der Waals surface area contributed by atoms with E-state index in [-0.39, 0.29) is 0 Å². The third-order valence-corrected chi connectivity index (χ3v) is 5.43. The quantitative estimate of drug-likeness (QED) is 0.857. The zero-order chi connectivity index (χ0) is 13.9. The molecule has 0 aliphatic heterocycles. The molecule has 3 atom stereocenters. The predicted octanol–water partition coefficient (Wildman–Crippen LogP) is 3.59. The average molecular weight is 272 g/mol. The van der Waals surface area contributed by atoms with Crippen molar-refractivity contribution in [3.8, 4) is 0 Å². The van der Waals surface area contributed by atoms with Crippen LogP contribution >= 0.6 is 0 Å². The summed E-state index contributed by atoms with van der Waals surface area (Å²) < 4.78 is 0. The third kappa shape index (κ3) is 2.85. The number of benzene rings is 1. The molecule has 3 unspecified atom stereocenters. The first-order valence-corrected chi connectivity index (χ1v) is 8.28. The summed E-state index contributed by atoms with van der Waals surface area (Å²) in [6.07, 6.45) is 7.04. The molecule has 1 aromatic carbocycles. The van der Waals surface area contributed by atoms with Crippen molar-refractivity contribution >= 4 is 5.69 Å². The zero-order valence-electron chi connectivity index (χ0n) is 12.7. The second-order valence-electron chi connectivity index (χ2n) is 6.81. The van der Waals surface area contributed by atoms with Gasteiger partial charge in [0, 0.05) is 18.8 Å². The van der Waals surface area contributed by atoms with Crippen molar-refractivity contribution in [2.75, 3.05) is 24.5 Å². The summed E-state index contributed by atoms with van der Waals surface area (Å²) in [7, 11) is 0. The molecule has 0 spiro atoms. The Kier molecular flexibility index (Phi) is 4.30. The number of anilines is 1. The molecule has 2 saturated carbocycles. The van der Waals surface area contributed by atoms with Crippen molar-refractivity contribution in [2.24, 2.45) is 23.5 Å². The summed E-state index contributed by atoms with van der Waals surface area (Å²) in [5.74, 6) is 2.97. The SMILES string of the molecule is Cc1ccccc1N(CCCN)CC1CC2CCC1C2. The first-order valence-electron chi connectivity index (χ1n) is 8.28. The highest BCUT2D eigenvalue weighted by atomic mass is 15.1. The molecule has 0 amide bonds. The van der Waals surface area contributed by atoms with Crippen molar-refractivity contribution in [3.05, 3.63) is 29.8 Å². The second kappa shape index (κ2) is 6.17. The molecule has 2 nitrogen and oxygen atoms in total. The van der Waals surface area contributed by atoms with E-state index in [2.05, 4.69) is 36.1 Å². The van der Waals surface area contributed by atoms with Crippen LogP contribution in [0.3, 0.4) is 0 Å². The van der Waals surface area contributed by atoms with E-state index in [0.29, 0.717) is 0 Å². The molecule has 2 aliphatic carbocycles. The van der Waals surface area contributed by atoms with Crippen LogP contribution in [-0.4, -0.2) is 19.6 Å². The van der Waals surface area contributed by atoms with Crippen LogP contribution in [0.2, 0.25) is 0 Å². The van der Waals surface area contributed by atoms with Crippen molar-refractivity contribution < 1.29 is 0 Å². The molecule has 20 heavy (non-hydrogen) atoms. The minimum Gasteiger partial charge on any atom is -0.371 e. The van der Waals surface area contributed by atoms with Gasteiger partial charge in [0.15, 0.2) is 0 Å². The van der Waals surface area contributed by atoms with Gasteiger partial charge in [-0.25, -0.2) is 0 Å². The summed E-state index contributed by atoms with van der Waals surface area (Å²) in [6, 6.07) is 8.81. The van der Waals surface area contributed by atoms with Crippen LogP contribution < -0.4 is 10.6 Å². The van der Waals surface area contributed by atoms with Gasteiger partial charge in [0.2, 0.25) is 0 Å². The molecule has 0 saturated heterocycles. The fraction of sp³-hybridized carbons (Fsp3) is 0.667. The number of fused-ring (bicyclic) bond motifs is 2. The van der Waals surface area contributed by atoms with E-state index in [0.717, 1.165) is 37.3 Å². The first-order chi connectivity index (χ1) is 9.78. The molecule has 0 aromatic heterocycles. The smallest absolute Gasteiger partial charge is 0.0396 e. The Morgan fingerprint density at radius 1 is 1.20 bits per heavy atom. The second-order valence-corrected chi connectivity index (χ2v) is 6.81.